The van der Waals surface area contributed by atoms with Gasteiger partial charge in [-0.05, 0) is 43.1 Å². The number of rotatable bonds is 8. The minimum Gasteiger partial charge on any atom is -0.350 e. The van der Waals surface area contributed by atoms with E-state index in [0.717, 1.165) is 23.6 Å². The summed E-state index contributed by atoms with van der Waals surface area (Å²) in [4.78, 5) is 11.9. The van der Waals surface area contributed by atoms with E-state index < -0.39 is 0 Å². The average molecular weight is 331 g/mol. The van der Waals surface area contributed by atoms with E-state index in [4.69, 9.17) is 11.6 Å². The van der Waals surface area contributed by atoms with Gasteiger partial charge in [0.15, 0.2) is 0 Å². The summed E-state index contributed by atoms with van der Waals surface area (Å²) in [5, 5.41) is 7.07. The molecule has 0 radical (unpaired) electrons. The van der Waals surface area contributed by atoms with Crippen molar-refractivity contribution < 1.29 is 4.79 Å². The molecule has 0 aliphatic carbocycles. The van der Waals surface area contributed by atoms with Crippen molar-refractivity contribution in [2.24, 2.45) is 0 Å². The normalized spacial score (nSPS) is 11.9. The molecule has 2 aromatic carbocycles. The number of hydrogen-bond acceptors (Lipinski definition) is 2. The molecular weight excluding hydrogens is 308 g/mol. The molecule has 1 atom stereocenters. The molecule has 3 nitrogen and oxygen atoms in total. The van der Waals surface area contributed by atoms with Crippen LogP contribution in [0.15, 0.2) is 54.6 Å². The first-order valence-electron chi connectivity index (χ1n) is 7.94. The molecule has 2 N–H and O–H groups in total. The summed E-state index contributed by atoms with van der Waals surface area (Å²) in [5.74, 6) is 0.0698. The quantitative estimate of drug-likeness (QED) is 0.724. The molecule has 0 aliphatic heterocycles. The molecule has 2 rings (SSSR count). The molecule has 0 spiro atoms. The van der Waals surface area contributed by atoms with Crippen molar-refractivity contribution in [3.8, 4) is 0 Å². The van der Waals surface area contributed by atoms with Gasteiger partial charge in [-0.15, -0.1) is 0 Å². The summed E-state index contributed by atoms with van der Waals surface area (Å²) >= 11 is 5.86. The summed E-state index contributed by atoms with van der Waals surface area (Å²) in [6.45, 7) is 3.53. The molecule has 0 bridgehead atoms. The van der Waals surface area contributed by atoms with Gasteiger partial charge in [-0.2, -0.15) is 0 Å². The third-order valence-corrected chi connectivity index (χ3v) is 3.96. The van der Waals surface area contributed by atoms with E-state index in [2.05, 4.69) is 10.6 Å². The van der Waals surface area contributed by atoms with Crippen LogP contribution in [-0.2, 0) is 11.2 Å². The Morgan fingerprint density at radius 3 is 2.43 bits per heavy atom. The highest BCUT2D eigenvalue weighted by atomic mass is 35.5. The Labute approximate surface area is 143 Å². The molecule has 1 amide bonds. The second-order valence-electron chi connectivity index (χ2n) is 5.58. The van der Waals surface area contributed by atoms with E-state index in [9.17, 15) is 4.79 Å². The highest BCUT2D eigenvalue weighted by Crippen LogP contribution is 2.11. The first-order valence-corrected chi connectivity index (χ1v) is 8.32. The molecule has 122 valence electrons. The number of benzene rings is 2. The Morgan fingerprint density at radius 1 is 1.04 bits per heavy atom. The second-order valence-corrected chi connectivity index (χ2v) is 6.01. The number of nitrogens with one attached hydrogen (secondary N) is 2. The van der Waals surface area contributed by atoms with E-state index in [-0.39, 0.29) is 11.9 Å². The van der Waals surface area contributed by atoms with Gasteiger partial charge in [0.05, 0.1) is 6.04 Å². The van der Waals surface area contributed by atoms with Gasteiger partial charge >= 0.3 is 0 Å². The zero-order valence-electron chi connectivity index (χ0n) is 13.4. The maximum atomic E-state index is 11.9. The van der Waals surface area contributed by atoms with Crippen molar-refractivity contribution in [1.82, 2.24) is 10.6 Å². The van der Waals surface area contributed by atoms with E-state index >= 15 is 0 Å². The summed E-state index contributed by atoms with van der Waals surface area (Å²) in [6, 6.07) is 17.9. The maximum absolute atomic E-state index is 11.9. The molecule has 0 fully saturated rings. The van der Waals surface area contributed by atoms with Crippen LogP contribution in [0.4, 0.5) is 0 Å². The van der Waals surface area contributed by atoms with Gasteiger partial charge in [-0.25, -0.2) is 0 Å². The second kappa shape index (κ2) is 9.33. The van der Waals surface area contributed by atoms with Gasteiger partial charge < -0.3 is 10.6 Å². The number of amides is 1. The average Bonchev–Trinajstić information content (AvgIpc) is 2.57. The van der Waals surface area contributed by atoms with Crippen molar-refractivity contribution in [2.75, 3.05) is 13.1 Å². The predicted octanol–water partition coefficient (Wildman–Crippen LogP) is 3.74. The molecule has 0 aliphatic rings. The molecule has 0 saturated carbocycles. The van der Waals surface area contributed by atoms with E-state index in [0.29, 0.717) is 13.0 Å². The van der Waals surface area contributed by atoms with Gasteiger partial charge in [0.25, 0.3) is 0 Å². The summed E-state index contributed by atoms with van der Waals surface area (Å²) in [5.41, 5.74) is 2.36. The summed E-state index contributed by atoms with van der Waals surface area (Å²) in [6.07, 6.45) is 1.41. The van der Waals surface area contributed by atoms with E-state index in [1.165, 1.54) is 5.56 Å². The number of hydrogen-bond donors (Lipinski definition) is 2. The van der Waals surface area contributed by atoms with Gasteiger partial charge in [0.1, 0.15) is 0 Å². The Hall–Kier alpha value is -1.84. The van der Waals surface area contributed by atoms with Gasteiger partial charge in [-0.3, -0.25) is 4.79 Å². The minimum atomic E-state index is 0.0396. The fourth-order valence-electron chi connectivity index (χ4n) is 2.35. The van der Waals surface area contributed by atoms with Gasteiger partial charge in [0, 0.05) is 18.0 Å². The van der Waals surface area contributed by atoms with E-state index in [1.54, 1.807) is 0 Å². The smallest absolute Gasteiger partial charge is 0.221 e. The van der Waals surface area contributed by atoms with Crippen LogP contribution in [-0.4, -0.2) is 19.0 Å². The number of carbonyl (C=O) groups is 1. The lowest BCUT2D eigenvalue weighted by molar-refractivity contribution is -0.121. The molecule has 0 saturated heterocycles. The fourth-order valence-corrected chi connectivity index (χ4v) is 2.48. The summed E-state index contributed by atoms with van der Waals surface area (Å²) < 4.78 is 0. The van der Waals surface area contributed by atoms with Crippen LogP contribution >= 0.6 is 11.6 Å². The monoisotopic (exact) mass is 330 g/mol. The van der Waals surface area contributed by atoms with Gasteiger partial charge in [-0.1, -0.05) is 54.1 Å². The van der Waals surface area contributed by atoms with Crippen LogP contribution in [0.2, 0.25) is 5.02 Å². The van der Waals surface area contributed by atoms with E-state index in [1.807, 2.05) is 61.5 Å². The molecule has 0 heterocycles. The minimum absolute atomic E-state index is 0.0396. The highest BCUT2D eigenvalue weighted by Gasteiger charge is 2.08. The van der Waals surface area contributed by atoms with Crippen molar-refractivity contribution >= 4 is 17.5 Å². The first kappa shape index (κ1) is 17.5. The zero-order chi connectivity index (χ0) is 16.5. The van der Waals surface area contributed by atoms with Crippen molar-refractivity contribution in [1.29, 1.82) is 0 Å². The largest absolute Gasteiger partial charge is 0.350 e. The van der Waals surface area contributed by atoms with Crippen molar-refractivity contribution in [3.05, 3.63) is 70.7 Å². The lowest BCUT2D eigenvalue weighted by atomic mass is 10.1. The third kappa shape index (κ3) is 6.43. The Kier molecular flexibility index (Phi) is 7.11. The molecule has 1 unspecified atom stereocenters. The van der Waals surface area contributed by atoms with Crippen molar-refractivity contribution in [3.63, 3.8) is 0 Å². The fraction of sp³-hybridized carbons (Fsp3) is 0.316. The first-order chi connectivity index (χ1) is 11.1. The Balaban J connectivity index is 1.60. The van der Waals surface area contributed by atoms with Crippen LogP contribution in [0.25, 0.3) is 0 Å². The summed E-state index contributed by atoms with van der Waals surface area (Å²) in [7, 11) is 0. The molecule has 2 aromatic rings. The predicted molar refractivity (Wildman–Crippen MR) is 95.6 cm³/mol. The molecule has 4 heteroatoms. The zero-order valence-corrected chi connectivity index (χ0v) is 14.1. The Morgan fingerprint density at radius 2 is 1.74 bits per heavy atom. The number of halogens is 1. The van der Waals surface area contributed by atoms with Crippen LogP contribution in [0.3, 0.4) is 0 Å². The van der Waals surface area contributed by atoms with Crippen LogP contribution in [0.1, 0.15) is 30.5 Å². The molecular formula is C19H23ClN2O. The van der Waals surface area contributed by atoms with Crippen LogP contribution in [0, 0.1) is 0 Å². The van der Waals surface area contributed by atoms with Crippen LogP contribution < -0.4 is 10.6 Å². The third-order valence-electron chi connectivity index (χ3n) is 3.71. The number of carbonyl (C=O) groups excluding carboxylic acids is 1. The topological polar surface area (TPSA) is 41.1 Å². The Bertz CT molecular complexity index is 599. The lowest BCUT2D eigenvalue weighted by Crippen LogP contribution is -2.30. The maximum Gasteiger partial charge on any atom is 0.221 e. The highest BCUT2D eigenvalue weighted by molar-refractivity contribution is 6.30. The standard InChI is InChI=1S/C19H23ClN2O/c1-15(17-5-3-2-4-6-17)22-19(23)12-14-21-13-11-16-7-9-18(20)10-8-16/h2-10,15,21H,11-14H2,1H3,(H,22,23). The molecule has 23 heavy (non-hydrogen) atoms. The van der Waals surface area contributed by atoms with Crippen LogP contribution in [0.5, 0.6) is 0 Å². The van der Waals surface area contributed by atoms with Gasteiger partial charge in [0.2, 0.25) is 5.91 Å². The lowest BCUT2D eigenvalue weighted by Gasteiger charge is -2.14. The molecule has 0 aromatic heterocycles. The van der Waals surface area contributed by atoms with Crippen molar-refractivity contribution in [2.45, 2.75) is 25.8 Å². The SMILES string of the molecule is CC(NC(=O)CCNCCc1ccc(Cl)cc1)c1ccccc1.